The van der Waals surface area contributed by atoms with E-state index in [2.05, 4.69) is 52.8 Å². The van der Waals surface area contributed by atoms with Gasteiger partial charge in [-0.15, -0.1) is 0 Å². The van der Waals surface area contributed by atoms with Crippen LogP contribution in [0.25, 0.3) is 0 Å². The van der Waals surface area contributed by atoms with Crippen LogP contribution in [0.15, 0.2) is 0 Å². The second-order valence-electron chi connectivity index (χ2n) is 7.98. The maximum Gasteiger partial charge on any atom is 0.0627 e. The Hall–Kier alpha value is 0.696. The second kappa shape index (κ2) is 9.99. The summed E-state index contributed by atoms with van der Waals surface area (Å²) in [5.41, 5.74) is 0.843. The van der Waals surface area contributed by atoms with E-state index in [-0.39, 0.29) is 23.0 Å². The summed E-state index contributed by atoms with van der Waals surface area (Å²) in [5, 5.41) is 10.4. The summed E-state index contributed by atoms with van der Waals surface area (Å²) in [6.45, 7) is 15.4. The van der Waals surface area contributed by atoms with E-state index in [9.17, 15) is 5.11 Å². The Morgan fingerprint density at radius 3 is 1.61 bits per heavy atom. The van der Waals surface area contributed by atoms with Crippen molar-refractivity contribution >= 4 is 8.07 Å². The summed E-state index contributed by atoms with van der Waals surface area (Å²) in [5.74, 6) is 2.04. The molecule has 3 heteroatoms. The molecular formula is C20H32FeOSi. The van der Waals surface area contributed by atoms with Crippen LogP contribution in [-0.4, -0.2) is 18.8 Å². The molecule has 2 aliphatic rings. The summed E-state index contributed by atoms with van der Waals surface area (Å²) in [7, 11) is -1.32. The van der Waals surface area contributed by atoms with Crippen LogP contribution in [0.5, 0.6) is 0 Å². The minimum atomic E-state index is -1.32. The van der Waals surface area contributed by atoms with Crippen LogP contribution in [0.2, 0.25) is 19.6 Å². The maximum absolute atomic E-state index is 10.4. The minimum absolute atomic E-state index is 0. The Morgan fingerprint density at radius 1 is 0.870 bits per heavy atom. The van der Waals surface area contributed by atoms with Crippen molar-refractivity contribution in [3.05, 3.63) is 62.8 Å². The molecule has 23 heavy (non-hydrogen) atoms. The molecule has 0 saturated heterocycles. The molecule has 0 aromatic carbocycles. The van der Waals surface area contributed by atoms with Crippen LogP contribution in [-0.2, 0) is 17.1 Å². The van der Waals surface area contributed by atoms with Crippen LogP contribution in [0, 0.1) is 74.7 Å². The van der Waals surface area contributed by atoms with Crippen molar-refractivity contribution in [2.24, 2.45) is 11.8 Å². The van der Waals surface area contributed by atoms with E-state index in [4.69, 9.17) is 0 Å². The van der Waals surface area contributed by atoms with Crippen molar-refractivity contribution in [1.29, 1.82) is 0 Å². The Labute approximate surface area is 157 Å². The zero-order valence-electron chi connectivity index (χ0n) is 15.6. The molecule has 0 aromatic rings. The molecular weight excluding hydrogens is 340 g/mol. The average molecular weight is 372 g/mol. The van der Waals surface area contributed by atoms with Gasteiger partial charge >= 0.3 is 0 Å². The first-order valence-electron chi connectivity index (χ1n) is 8.20. The van der Waals surface area contributed by atoms with E-state index in [1.165, 1.54) is 11.5 Å². The van der Waals surface area contributed by atoms with E-state index in [0.717, 1.165) is 0 Å². The van der Waals surface area contributed by atoms with Gasteiger partial charge in [-0.1, -0.05) is 33.5 Å². The Kier molecular flexibility index (Phi) is 10.3. The first kappa shape index (κ1) is 23.7. The van der Waals surface area contributed by atoms with Gasteiger partial charge in [-0.2, -0.15) is 0 Å². The number of hydrogen-bond acceptors (Lipinski definition) is 1. The number of rotatable bonds is 4. The maximum atomic E-state index is 10.4. The first-order chi connectivity index (χ1) is 10.0. The van der Waals surface area contributed by atoms with E-state index in [0.29, 0.717) is 5.92 Å². The molecule has 0 spiro atoms. The van der Waals surface area contributed by atoms with Gasteiger partial charge in [0.1, 0.15) is 0 Å². The SMILES string of the molecule is CC(C)[C@H]([C]1[CH][CH][CH][C]1[Si](C)(C)C)C(C)(C)O.[CH]1[CH][CH][CH][CH]1.[Fe]. The smallest absolute Gasteiger partial charge is 0.0627 e. The van der Waals surface area contributed by atoms with Crippen LogP contribution in [0.1, 0.15) is 27.7 Å². The van der Waals surface area contributed by atoms with Gasteiger partial charge < -0.3 is 5.11 Å². The summed E-state index contributed by atoms with van der Waals surface area (Å²) < 4.78 is 0. The number of hydrogen-bond donors (Lipinski definition) is 1. The van der Waals surface area contributed by atoms with E-state index >= 15 is 0 Å². The van der Waals surface area contributed by atoms with Crippen LogP contribution < -0.4 is 0 Å². The van der Waals surface area contributed by atoms with Crippen LogP contribution >= 0.6 is 0 Å². The van der Waals surface area contributed by atoms with Gasteiger partial charge in [-0.25, -0.2) is 0 Å². The molecule has 0 aromatic heterocycles. The average Bonchev–Trinajstić information content (AvgIpc) is 2.98. The second-order valence-corrected chi connectivity index (χ2v) is 13.0. The van der Waals surface area contributed by atoms with E-state index in [1.807, 2.05) is 46.0 Å². The van der Waals surface area contributed by atoms with Gasteiger partial charge in [0.25, 0.3) is 0 Å². The fourth-order valence-corrected chi connectivity index (χ4v) is 4.97. The fraction of sp³-hybridized carbons (Fsp3) is 0.500. The van der Waals surface area contributed by atoms with Gasteiger partial charge in [0.15, 0.2) is 0 Å². The normalized spacial score (nSPS) is 21.8. The van der Waals surface area contributed by atoms with Crippen LogP contribution in [0.3, 0.4) is 0 Å². The standard InChI is InChI=1S/C15H27OSi.C5H5.Fe/c1-11(2)14(15(3,4)16)12-9-8-10-13(12)17(5,6)7;1-2-4-5-3-1;/h8-11,14,16H,1-7H3;1-5H;/t14-;;/m1../s1. The predicted octanol–water partition coefficient (Wildman–Crippen LogP) is 4.70. The molecule has 2 aliphatic carbocycles. The van der Waals surface area contributed by atoms with Crippen molar-refractivity contribution in [2.75, 3.05) is 0 Å². The van der Waals surface area contributed by atoms with Gasteiger partial charge in [0, 0.05) is 17.1 Å². The summed E-state index contributed by atoms with van der Waals surface area (Å²) in [6, 6.07) is 0. The third-order valence-electron chi connectivity index (χ3n) is 3.98. The quantitative estimate of drug-likeness (QED) is 0.709. The Balaban J connectivity index is 0.000000684. The van der Waals surface area contributed by atoms with Gasteiger partial charge in [0.05, 0.1) is 13.7 Å². The zero-order valence-corrected chi connectivity index (χ0v) is 17.7. The molecule has 130 valence electrons. The molecule has 1 N–H and O–H groups in total. The van der Waals surface area contributed by atoms with Gasteiger partial charge in [-0.05, 0) is 88.5 Å². The molecule has 1 nitrogen and oxygen atoms in total. The molecule has 0 aliphatic heterocycles. The molecule has 0 bridgehead atoms. The third-order valence-corrected chi connectivity index (χ3v) is 6.05. The van der Waals surface area contributed by atoms with Crippen molar-refractivity contribution < 1.29 is 22.2 Å². The van der Waals surface area contributed by atoms with Gasteiger partial charge in [-0.3, -0.25) is 0 Å². The summed E-state index contributed by atoms with van der Waals surface area (Å²) in [4.78, 5) is 0. The van der Waals surface area contributed by atoms with Crippen molar-refractivity contribution in [2.45, 2.75) is 52.9 Å². The van der Waals surface area contributed by atoms with Crippen LogP contribution in [0.4, 0.5) is 0 Å². The van der Waals surface area contributed by atoms with E-state index < -0.39 is 13.7 Å². The summed E-state index contributed by atoms with van der Waals surface area (Å²) >= 11 is 0. The van der Waals surface area contributed by atoms with Gasteiger partial charge in [0.2, 0.25) is 0 Å². The van der Waals surface area contributed by atoms with E-state index in [1.54, 1.807) is 0 Å². The molecule has 0 amide bonds. The first-order valence-corrected chi connectivity index (χ1v) is 11.7. The molecule has 0 heterocycles. The third kappa shape index (κ3) is 7.63. The molecule has 2 saturated carbocycles. The molecule has 10 radical (unpaired) electrons. The Bertz CT molecular complexity index is 305. The zero-order chi connectivity index (χ0) is 17.0. The Morgan fingerprint density at radius 2 is 1.30 bits per heavy atom. The fourth-order valence-electron chi connectivity index (χ4n) is 3.26. The topological polar surface area (TPSA) is 20.2 Å². The predicted molar refractivity (Wildman–Crippen MR) is 98.9 cm³/mol. The van der Waals surface area contributed by atoms with Crippen molar-refractivity contribution in [1.82, 2.24) is 0 Å². The monoisotopic (exact) mass is 372 g/mol. The van der Waals surface area contributed by atoms with Crippen molar-refractivity contribution in [3.8, 4) is 0 Å². The molecule has 1 atom stereocenters. The minimum Gasteiger partial charge on any atom is -0.390 e. The molecule has 0 unspecified atom stereocenters. The largest absolute Gasteiger partial charge is 0.390 e. The molecule has 2 rings (SSSR count). The number of aliphatic hydroxyl groups is 1. The summed E-state index contributed by atoms with van der Waals surface area (Å²) in [6.07, 6.45) is 16.6. The molecule has 2 fully saturated rings. The van der Waals surface area contributed by atoms with Crippen molar-refractivity contribution in [3.63, 3.8) is 0 Å².